The minimum Gasteiger partial charge on any atom is -0.310 e. The van der Waals surface area contributed by atoms with Gasteiger partial charge in [-0.1, -0.05) is 218 Å². The van der Waals surface area contributed by atoms with Gasteiger partial charge in [0, 0.05) is 34.1 Å². The fourth-order valence-corrected chi connectivity index (χ4v) is 9.39. The lowest BCUT2D eigenvalue weighted by molar-refractivity contribution is 1.28. The van der Waals surface area contributed by atoms with Crippen LogP contribution in [0.2, 0.25) is 0 Å². The van der Waals surface area contributed by atoms with E-state index in [4.69, 9.17) is 0 Å². The minimum atomic E-state index is 1.08. The summed E-state index contributed by atoms with van der Waals surface area (Å²) in [7, 11) is 0. The van der Waals surface area contributed by atoms with E-state index in [9.17, 15) is 0 Å². The molecule has 0 amide bonds. The molecule has 0 radical (unpaired) electrons. The predicted molar refractivity (Wildman–Crippen MR) is 288 cm³/mol. The number of hydrogen-bond donors (Lipinski definition) is 0. The second kappa shape index (κ2) is 19.2. The maximum Gasteiger partial charge on any atom is 0.0468 e. The molecule has 0 fully saturated rings. The molecule has 0 atom stereocenters. The molecule has 0 aliphatic carbocycles. The summed E-state index contributed by atoms with van der Waals surface area (Å²) in [5.74, 6) is 0. The van der Waals surface area contributed by atoms with E-state index in [-0.39, 0.29) is 0 Å². The van der Waals surface area contributed by atoms with Crippen molar-refractivity contribution < 1.29 is 0 Å². The lowest BCUT2D eigenvalue weighted by Crippen LogP contribution is -2.10. The molecule has 11 rings (SSSR count). The van der Waals surface area contributed by atoms with Crippen molar-refractivity contribution in [1.29, 1.82) is 0 Å². The topological polar surface area (TPSA) is 6.48 Å². The smallest absolute Gasteiger partial charge is 0.0468 e. The van der Waals surface area contributed by atoms with E-state index in [1.807, 2.05) is 0 Å². The summed E-state index contributed by atoms with van der Waals surface area (Å²) in [6, 6.07) is 105. The fourth-order valence-electron chi connectivity index (χ4n) is 9.39. The first kappa shape index (κ1) is 41.7. The van der Waals surface area contributed by atoms with Gasteiger partial charge in [-0.05, 0) is 140 Å². The Hall–Kier alpha value is -8.98. The van der Waals surface area contributed by atoms with Crippen molar-refractivity contribution in [3.63, 3.8) is 0 Å². The molecule has 2 heteroatoms. The molecular formula is C66H48N2. The van der Waals surface area contributed by atoms with Crippen LogP contribution < -0.4 is 9.80 Å². The van der Waals surface area contributed by atoms with Gasteiger partial charge in [-0.25, -0.2) is 0 Å². The summed E-state index contributed by atoms with van der Waals surface area (Å²) in [6.07, 6.45) is 0. The number of anilines is 6. The van der Waals surface area contributed by atoms with E-state index >= 15 is 0 Å². The zero-order chi connectivity index (χ0) is 45.5. The van der Waals surface area contributed by atoms with E-state index in [1.54, 1.807) is 0 Å². The number of nitrogens with zero attached hydrogens (tertiary/aromatic N) is 2. The molecule has 68 heavy (non-hydrogen) atoms. The second-order valence-electron chi connectivity index (χ2n) is 16.9. The highest BCUT2D eigenvalue weighted by atomic mass is 15.1. The molecule has 0 saturated heterocycles. The van der Waals surface area contributed by atoms with Crippen molar-refractivity contribution in [3.05, 3.63) is 291 Å². The average Bonchev–Trinajstić information content (AvgIpc) is 3.43. The fraction of sp³-hybridized carbons (Fsp3) is 0. The molecule has 11 aromatic carbocycles. The summed E-state index contributed by atoms with van der Waals surface area (Å²) in [5.41, 5.74) is 20.6. The third kappa shape index (κ3) is 8.63. The number of rotatable bonds is 12. The molecule has 0 spiro atoms. The van der Waals surface area contributed by atoms with Gasteiger partial charge in [-0.3, -0.25) is 0 Å². The third-order valence-electron chi connectivity index (χ3n) is 12.7. The van der Waals surface area contributed by atoms with Crippen LogP contribution in [0.25, 0.3) is 66.8 Å². The maximum absolute atomic E-state index is 2.36. The van der Waals surface area contributed by atoms with E-state index in [0.717, 1.165) is 78.6 Å². The van der Waals surface area contributed by atoms with Crippen LogP contribution in [-0.2, 0) is 0 Å². The lowest BCUT2D eigenvalue weighted by Gasteiger charge is -2.28. The first-order valence-corrected chi connectivity index (χ1v) is 23.3. The van der Waals surface area contributed by atoms with E-state index in [2.05, 4.69) is 301 Å². The second-order valence-corrected chi connectivity index (χ2v) is 16.9. The van der Waals surface area contributed by atoms with Crippen LogP contribution in [0.1, 0.15) is 0 Å². The van der Waals surface area contributed by atoms with E-state index in [0.29, 0.717) is 0 Å². The quantitative estimate of drug-likeness (QED) is 0.121. The Labute approximate surface area is 400 Å². The summed E-state index contributed by atoms with van der Waals surface area (Å²) >= 11 is 0. The van der Waals surface area contributed by atoms with Crippen molar-refractivity contribution >= 4 is 34.1 Å². The standard InChI is InChI=1S/C66H48N2/c1-7-21-49(22-8-1)51-35-39-57(40-36-51)67(55-29-15-5-16-30-55)59-43-45-63(65(47-59)53-25-11-3-12-26-53)61-33-19-20-34-62(61)64-46-44-60(48-66(64)54-27-13-4-14-28-54)68(56-31-17-6-18-32-56)58-41-37-52(38-42-58)50-23-9-2-10-24-50/h1-48H. The monoisotopic (exact) mass is 868 g/mol. The molecule has 0 N–H and O–H groups in total. The van der Waals surface area contributed by atoms with E-state index in [1.165, 1.54) is 22.3 Å². The van der Waals surface area contributed by atoms with Crippen molar-refractivity contribution in [2.24, 2.45) is 0 Å². The molecule has 0 bridgehead atoms. The molecule has 0 aliphatic rings. The highest BCUT2D eigenvalue weighted by molar-refractivity contribution is 5.98. The van der Waals surface area contributed by atoms with Crippen molar-refractivity contribution in [2.75, 3.05) is 9.80 Å². The van der Waals surface area contributed by atoms with E-state index < -0.39 is 0 Å². The Morgan fingerprint density at radius 2 is 0.382 bits per heavy atom. The van der Waals surface area contributed by atoms with Gasteiger partial charge in [0.1, 0.15) is 0 Å². The first-order chi connectivity index (χ1) is 33.7. The number of hydrogen-bond acceptors (Lipinski definition) is 2. The molecule has 11 aromatic rings. The number of para-hydroxylation sites is 2. The van der Waals surface area contributed by atoms with Gasteiger partial charge in [0.2, 0.25) is 0 Å². The van der Waals surface area contributed by atoms with Gasteiger partial charge < -0.3 is 9.80 Å². The molecule has 0 aromatic heterocycles. The minimum absolute atomic E-state index is 1.08. The Morgan fingerprint density at radius 1 is 0.147 bits per heavy atom. The van der Waals surface area contributed by atoms with Crippen molar-refractivity contribution in [1.82, 2.24) is 0 Å². The van der Waals surface area contributed by atoms with Crippen LogP contribution >= 0.6 is 0 Å². The molecular weight excluding hydrogens is 821 g/mol. The van der Waals surface area contributed by atoms with Gasteiger partial charge in [0.25, 0.3) is 0 Å². The van der Waals surface area contributed by atoms with Crippen molar-refractivity contribution in [2.45, 2.75) is 0 Å². The first-order valence-electron chi connectivity index (χ1n) is 23.3. The Morgan fingerprint density at radius 3 is 0.721 bits per heavy atom. The highest BCUT2D eigenvalue weighted by Gasteiger charge is 2.21. The molecule has 0 unspecified atom stereocenters. The lowest BCUT2D eigenvalue weighted by atomic mass is 9.86. The molecule has 0 aliphatic heterocycles. The Bertz CT molecular complexity index is 3160. The summed E-state index contributed by atoms with van der Waals surface area (Å²) in [6.45, 7) is 0. The third-order valence-corrected chi connectivity index (χ3v) is 12.7. The Kier molecular flexibility index (Phi) is 11.8. The maximum atomic E-state index is 2.36. The van der Waals surface area contributed by atoms with Crippen molar-refractivity contribution in [3.8, 4) is 66.8 Å². The van der Waals surface area contributed by atoms with Gasteiger partial charge in [-0.15, -0.1) is 0 Å². The normalized spacial score (nSPS) is 10.9. The van der Waals surface area contributed by atoms with Crippen LogP contribution in [0.3, 0.4) is 0 Å². The molecule has 0 saturated carbocycles. The summed E-state index contributed by atoms with van der Waals surface area (Å²) in [4.78, 5) is 4.72. The van der Waals surface area contributed by atoms with Gasteiger partial charge in [0.05, 0.1) is 0 Å². The zero-order valence-electron chi connectivity index (χ0n) is 37.6. The largest absolute Gasteiger partial charge is 0.310 e. The van der Waals surface area contributed by atoms with Crippen LogP contribution in [0.15, 0.2) is 291 Å². The van der Waals surface area contributed by atoms with Crippen LogP contribution in [-0.4, -0.2) is 0 Å². The Balaban J connectivity index is 1.05. The SMILES string of the molecule is c1ccc(-c2ccc(N(c3ccccc3)c3ccc(-c4ccccc4-c4ccc(N(c5ccccc5)c5ccc(-c6ccccc6)cc5)cc4-c4ccccc4)c(-c4ccccc4)c3)cc2)cc1. The van der Waals surface area contributed by atoms with Gasteiger partial charge in [-0.2, -0.15) is 0 Å². The summed E-state index contributed by atoms with van der Waals surface area (Å²) < 4.78 is 0. The molecule has 322 valence electrons. The van der Waals surface area contributed by atoms with Crippen LogP contribution in [0, 0.1) is 0 Å². The van der Waals surface area contributed by atoms with Gasteiger partial charge in [0.15, 0.2) is 0 Å². The van der Waals surface area contributed by atoms with Gasteiger partial charge >= 0.3 is 0 Å². The molecule has 0 heterocycles. The predicted octanol–water partition coefficient (Wildman–Crippen LogP) is 18.6. The van der Waals surface area contributed by atoms with Crippen LogP contribution in [0.5, 0.6) is 0 Å². The highest BCUT2D eigenvalue weighted by Crippen LogP contribution is 2.47. The summed E-state index contributed by atoms with van der Waals surface area (Å²) in [5, 5.41) is 0. The zero-order valence-corrected chi connectivity index (χ0v) is 37.6. The average molecular weight is 869 g/mol. The molecule has 2 nitrogen and oxygen atoms in total. The van der Waals surface area contributed by atoms with Crippen LogP contribution in [0.4, 0.5) is 34.1 Å². The number of benzene rings is 11.